The van der Waals surface area contributed by atoms with Crippen LogP contribution in [0.2, 0.25) is 0 Å². The lowest BCUT2D eigenvalue weighted by Crippen LogP contribution is -2.40. The van der Waals surface area contributed by atoms with Crippen molar-refractivity contribution < 1.29 is 0 Å². The van der Waals surface area contributed by atoms with Crippen LogP contribution in [0.5, 0.6) is 0 Å². The van der Waals surface area contributed by atoms with Crippen LogP contribution in [0.25, 0.3) is 0 Å². The Morgan fingerprint density at radius 1 is 1.45 bits per heavy atom. The largest absolute Gasteiger partial charge is 0.316 e. The van der Waals surface area contributed by atoms with Gasteiger partial charge in [-0.2, -0.15) is 0 Å². The summed E-state index contributed by atoms with van der Waals surface area (Å²) in [6.45, 7) is 12.4. The number of nitrogens with zero attached hydrogens (tertiary/aromatic N) is 2. The van der Waals surface area contributed by atoms with Gasteiger partial charge in [0.05, 0.1) is 5.69 Å². The van der Waals surface area contributed by atoms with Gasteiger partial charge in [0.2, 0.25) is 0 Å². The number of hydrogen-bond acceptors (Lipinski definition) is 3. The molecule has 1 aliphatic heterocycles. The molecule has 0 saturated carbocycles. The van der Waals surface area contributed by atoms with Gasteiger partial charge in [-0.3, -0.25) is 9.88 Å². The molecule has 1 aliphatic rings. The highest BCUT2D eigenvalue weighted by atomic mass is 15.1. The lowest BCUT2D eigenvalue weighted by molar-refractivity contribution is 0.163. The molecule has 1 atom stereocenters. The standard InChI is InChI=1S/C17H29N3/c1-14(2)10-18-11-16-7-5-9-20(12-16)13-17-15(3)6-4-8-19-17/h4,6,8,14,16,18H,5,7,9-13H2,1-3H3. The lowest BCUT2D eigenvalue weighted by atomic mass is 9.97. The Kier molecular flexibility index (Phi) is 5.99. The maximum absolute atomic E-state index is 4.53. The summed E-state index contributed by atoms with van der Waals surface area (Å²) in [5.41, 5.74) is 2.55. The monoisotopic (exact) mass is 275 g/mol. The average molecular weight is 275 g/mol. The number of piperidine rings is 1. The van der Waals surface area contributed by atoms with Gasteiger partial charge < -0.3 is 5.32 Å². The molecule has 0 aliphatic carbocycles. The third-order valence-corrected chi connectivity index (χ3v) is 4.08. The number of likely N-dealkylation sites (tertiary alicyclic amines) is 1. The molecule has 0 spiro atoms. The first-order valence-corrected chi connectivity index (χ1v) is 7.98. The van der Waals surface area contributed by atoms with Crippen molar-refractivity contribution in [3.05, 3.63) is 29.6 Å². The molecule has 112 valence electrons. The van der Waals surface area contributed by atoms with Crippen molar-refractivity contribution in [2.45, 2.75) is 40.2 Å². The van der Waals surface area contributed by atoms with Gasteiger partial charge in [0.15, 0.2) is 0 Å². The van der Waals surface area contributed by atoms with Gasteiger partial charge in [-0.05, 0) is 62.9 Å². The smallest absolute Gasteiger partial charge is 0.0573 e. The van der Waals surface area contributed by atoms with E-state index < -0.39 is 0 Å². The van der Waals surface area contributed by atoms with Crippen LogP contribution in [0.15, 0.2) is 18.3 Å². The minimum Gasteiger partial charge on any atom is -0.316 e. The maximum Gasteiger partial charge on any atom is 0.0573 e. The van der Waals surface area contributed by atoms with Crippen LogP contribution in [0.3, 0.4) is 0 Å². The zero-order chi connectivity index (χ0) is 14.4. The molecule has 1 fully saturated rings. The Balaban J connectivity index is 1.80. The van der Waals surface area contributed by atoms with Crippen LogP contribution in [0.4, 0.5) is 0 Å². The zero-order valence-electron chi connectivity index (χ0n) is 13.2. The number of nitrogens with one attached hydrogen (secondary N) is 1. The Bertz CT molecular complexity index is 403. The van der Waals surface area contributed by atoms with Gasteiger partial charge in [-0.25, -0.2) is 0 Å². The number of rotatable bonds is 6. The fourth-order valence-corrected chi connectivity index (χ4v) is 2.93. The van der Waals surface area contributed by atoms with E-state index >= 15 is 0 Å². The van der Waals surface area contributed by atoms with Gasteiger partial charge >= 0.3 is 0 Å². The fourth-order valence-electron chi connectivity index (χ4n) is 2.93. The Morgan fingerprint density at radius 3 is 3.05 bits per heavy atom. The summed E-state index contributed by atoms with van der Waals surface area (Å²) in [5, 5.41) is 3.61. The Labute approximate surface area is 123 Å². The molecule has 0 radical (unpaired) electrons. The predicted molar refractivity (Wildman–Crippen MR) is 84.7 cm³/mol. The summed E-state index contributed by atoms with van der Waals surface area (Å²) in [4.78, 5) is 7.10. The summed E-state index contributed by atoms with van der Waals surface area (Å²) < 4.78 is 0. The number of pyridine rings is 1. The normalized spacial score (nSPS) is 20.5. The minimum absolute atomic E-state index is 0.742. The molecular formula is C17H29N3. The summed E-state index contributed by atoms with van der Waals surface area (Å²) in [5.74, 6) is 1.54. The van der Waals surface area contributed by atoms with Crippen LogP contribution in [0.1, 0.15) is 37.9 Å². The lowest BCUT2D eigenvalue weighted by Gasteiger charge is -2.33. The third-order valence-electron chi connectivity index (χ3n) is 4.08. The quantitative estimate of drug-likeness (QED) is 0.865. The molecule has 0 amide bonds. The van der Waals surface area contributed by atoms with E-state index in [4.69, 9.17) is 0 Å². The SMILES string of the molecule is Cc1cccnc1CN1CCCC(CNCC(C)C)C1. The van der Waals surface area contributed by atoms with Crippen molar-refractivity contribution in [3.63, 3.8) is 0 Å². The van der Waals surface area contributed by atoms with Crippen molar-refractivity contribution in [1.82, 2.24) is 15.2 Å². The highest BCUT2D eigenvalue weighted by molar-refractivity contribution is 5.17. The van der Waals surface area contributed by atoms with Crippen molar-refractivity contribution in [2.75, 3.05) is 26.2 Å². The molecule has 1 unspecified atom stereocenters. The first-order chi connectivity index (χ1) is 9.65. The van der Waals surface area contributed by atoms with Gasteiger partial charge in [0, 0.05) is 19.3 Å². The van der Waals surface area contributed by atoms with E-state index in [9.17, 15) is 0 Å². The first-order valence-electron chi connectivity index (χ1n) is 7.98. The molecule has 1 aromatic rings. The Morgan fingerprint density at radius 2 is 2.30 bits per heavy atom. The molecule has 0 aromatic carbocycles. The van der Waals surface area contributed by atoms with E-state index in [0.717, 1.165) is 31.5 Å². The molecule has 3 nitrogen and oxygen atoms in total. The highest BCUT2D eigenvalue weighted by Crippen LogP contribution is 2.18. The third kappa shape index (κ3) is 4.88. The van der Waals surface area contributed by atoms with E-state index in [1.165, 1.54) is 37.2 Å². The van der Waals surface area contributed by atoms with Gasteiger partial charge in [-0.1, -0.05) is 19.9 Å². The molecule has 0 bridgehead atoms. The Hall–Kier alpha value is -0.930. The molecular weight excluding hydrogens is 246 g/mol. The van der Waals surface area contributed by atoms with Crippen LogP contribution < -0.4 is 5.32 Å². The molecule has 1 N–H and O–H groups in total. The fraction of sp³-hybridized carbons (Fsp3) is 0.706. The summed E-state index contributed by atoms with van der Waals surface area (Å²) in [6.07, 6.45) is 4.59. The van der Waals surface area contributed by atoms with E-state index in [2.05, 4.69) is 42.0 Å². The van der Waals surface area contributed by atoms with Crippen LogP contribution in [-0.4, -0.2) is 36.1 Å². The summed E-state index contributed by atoms with van der Waals surface area (Å²) in [7, 11) is 0. The molecule has 2 rings (SSSR count). The summed E-state index contributed by atoms with van der Waals surface area (Å²) >= 11 is 0. The van der Waals surface area contributed by atoms with E-state index in [1.807, 2.05) is 12.3 Å². The van der Waals surface area contributed by atoms with Gasteiger partial charge in [0.25, 0.3) is 0 Å². The van der Waals surface area contributed by atoms with E-state index in [0.29, 0.717) is 0 Å². The van der Waals surface area contributed by atoms with Crippen LogP contribution in [0, 0.1) is 18.8 Å². The van der Waals surface area contributed by atoms with Crippen LogP contribution in [-0.2, 0) is 6.54 Å². The van der Waals surface area contributed by atoms with Crippen molar-refractivity contribution >= 4 is 0 Å². The van der Waals surface area contributed by atoms with E-state index in [-0.39, 0.29) is 0 Å². The van der Waals surface area contributed by atoms with Gasteiger partial charge in [-0.15, -0.1) is 0 Å². The second-order valence-corrected chi connectivity index (χ2v) is 6.56. The topological polar surface area (TPSA) is 28.2 Å². The van der Waals surface area contributed by atoms with Crippen molar-refractivity contribution in [1.29, 1.82) is 0 Å². The van der Waals surface area contributed by atoms with Crippen molar-refractivity contribution in [3.8, 4) is 0 Å². The first kappa shape index (κ1) is 15.5. The van der Waals surface area contributed by atoms with Gasteiger partial charge in [0.1, 0.15) is 0 Å². The minimum atomic E-state index is 0.742. The van der Waals surface area contributed by atoms with Crippen molar-refractivity contribution in [2.24, 2.45) is 11.8 Å². The van der Waals surface area contributed by atoms with E-state index in [1.54, 1.807) is 0 Å². The maximum atomic E-state index is 4.53. The zero-order valence-corrected chi connectivity index (χ0v) is 13.2. The summed E-state index contributed by atoms with van der Waals surface area (Å²) in [6, 6.07) is 4.18. The highest BCUT2D eigenvalue weighted by Gasteiger charge is 2.20. The molecule has 1 saturated heterocycles. The van der Waals surface area contributed by atoms with Crippen LogP contribution >= 0.6 is 0 Å². The number of aromatic nitrogens is 1. The molecule has 20 heavy (non-hydrogen) atoms. The number of hydrogen-bond donors (Lipinski definition) is 1. The second kappa shape index (κ2) is 7.75. The average Bonchev–Trinajstić information content (AvgIpc) is 2.41. The molecule has 1 aromatic heterocycles. The predicted octanol–water partition coefficient (Wildman–Crippen LogP) is 2.85. The molecule has 3 heteroatoms. The molecule has 2 heterocycles. The number of aryl methyl sites for hydroxylation is 1. The second-order valence-electron chi connectivity index (χ2n) is 6.56.